The molecule has 0 saturated carbocycles. The van der Waals surface area contributed by atoms with Crippen LogP contribution in [0.4, 0.5) is 5.82 Å². The molecule has 4 aromatic rings. The van der Waals surface area contributed by atoms with Crippen molar-refractivity contribution < 1.29 is 9.53 Å². The number of pyridine rings is 1. The summed E-state index contributed by atoms with van der Waals surface area (Å²) in [5, 5.41) is 9.25. The van der Waals surface area contributed by atoms with Crippen LogP contribution in [-0.2, 0) is 4.79 Å². The van der Waals surface area contributed by atoms with Gasteiger partial charge in [-0.05, 0) is 54.3 Å². The molecule has 1 fully saturated rings. The number of hydrogen-bond donors (Lipinski definition) is 3. The summed E-state index contributed by atoms with van der Waals surface area (Å²) in [6, 6.07) is 17.8. The number of carbonyl (C=O) groups is 1. The van der Waals surface area contributed by atoms with Crippen molar-refractivity contribution in [2.75, 3.05) is 18.8 Å². The first-order valence-corrected chi connectivity index (χ1v) is 11.7. The van der Waals surface area contributed by atoms with Crippen molar-refractivity contribution in [2.24, 2.45) is 0 Å². The van der Waals surface area contributed by atoms with Gasteiger partial charge in [0.25, 0.3) is 0 Å². The van der Waals surface area contributed by atoms with E-state index in [0.717, 1.165) is 57.8 Å². The molecule has 0 aliphatic carbocycles. The molecule has 1 aliphatic rings. The van der Waals surface area contributed by atoms with Crippen LogP contribution in [-0.4, -0.2) is 30.0 Å². The Morgan fingerprint density at radius 2 is 1.94 bits per heavy atom. The number of rotatable bonds is 6. The molecule has 1 amide bonds. The zero-order chi connectivity index (χ0) is 22.6. The van der Waals surface area contributed by atoms with Gasteiger partial charge in [-0.3, -0.25) is 4.79 Å². The van der Waals surface area contributed by atoms with E-state index in [4.69, 9.17) is 10.5 Å². The Balaban J connectivity index is 1.38. The molecule has 2 aromatic heterocycles. The van der Waals surface area contributed by atoms with E-state index in [1.165, 1.54) is 0 Å². The molecule has 6 nitrogen and oxygen atoms in total. The minimum absolute atomic E-state index is 0.0977. The molecule has 7 heteroatoms. The summed E-state index contributed by atoms with van der Waals surface area (Å²) in [6.45, 7) is 1.76. The Hall–Kier alpha value is -3.68. The average molecular weight is 457 g/mol. The van der Waals surface area contributed by atoms with Gasteiger partial charge in [-0.15, -0.1) is 11.3 Å². The minimum Gasteiger partial charge on any atom is -0.457 e. The highest BCUT2D eigenvalue weighted by atomic mass is 32.1. The fourth-order valence-corrected chi connectivity index (χ4v) is 5.02. The number of amides is 1. The number of anilines is 1. The quantitative estimate of drug-likeness (QED) is 0.362. The first-order chi connectivity index (χ1) is 16.2. The van der Waals surface area contributed by atoms with Gasteiger partial charge in [-0.1, -0.05) is 30.3 Å². The molecular formula is C26H24N4O2S. The third-order valence-corrected chi connectivity index (χ3v) is 6.65. The molecule has 2 aromatic carbocycles. The smallest absolute Gasteiger partial charge is 0.244 e. The van der Waals surface area contributed by atoms with Crippen LogP contribution >= 0.6 is 11.3 Å². The van der Waals surface area contributed by atoms with Crippen LogP contribution < -0.4 is 21.1 Å². The molecular weight excluding hydrogens is 432 g/mol. The summed E-state index contributed by atoms with van der Waals surface area (Å²) in [5.74, 6) is 1.94. The summed E-state index contributed by atoms with van der Waals surface area (Å²) in [5.41, 5.74) is 9.19. The molecule has 33 heavy (non-hydrogen) atoms. The Kier molecular flexibility index (Phi) is 6.06. The van der Waals surface area contributed by atoms with Gasteiger partial charge in [0, 0.05) is 46.1 Å². The summed E-state index contributed by atoms with van der Waals surface area (Å²) in [6.07, 6.45) is 6.05. The Morgan fingerprint density at radius 3 is 2.70 bits per heavy atom. The molecule has 0 unspecified atom stereocenters. The molecule has 5 rings (SSSR count). The molecule has 1 atom stereocenters. The van der Waals surface area contributed by atoms with E-state index < -0.39 is 0 Å². The second-order valence-electron chi connectivity index (χ2n) is 7.92. The number of carbonyl (C=O) groups excluding carboxylic acids is 1. The third kappa shape index (κ3) is 4.74. The van der Waals surface area contributed by atoms with Crippen LogP contribution in [0.5, 0.6) is 11.5 Å². The van der Waals surface area contributed by atoms with E-state index in [1.807, 2.05) is 60.7 Å². The number of aromatic nitrogens is 1. The lowest BCUT2D eigenvalue weighted by molar-refractivity contribution is -0.117. The SMILES string of the molecule is Nc1ncc(C=CC(=O)N[C@H]2CCNC2)c2scc(-c3ccc(Oc4ccccc4)cc3)c12. The highest BCUT2D eigenvalue weighted by Crippen LogP contribution is 2.39. The van der Waals surface area contributed by atoms with Crippen molar-refractivity contribution in [1.29, 1.82) is 0 Å². The van der Waals surface area contributed by atoms with Crippen molar-refractivity contribution in [3.63, 3.8) is 0 Å². The molecule has 0 radical (unpaired) electrons. The zero-order valence-electron chi connectivity index (χ0n) is 18.0. The van der Waals surface area contributed by atoms with Crippen LogP contribution in [0.3, 0.4) is 0 Å². The number of para-hydroxylation sites is 1. The van der Waals surface area contributed by atoms with Gasteiger partial charge in [-0.25, -0.2) is 4.98 Å². The van der Waals surface area contributed by atoms with Crippen LogP contribution in [0.2, 0.25) is 0 Å². The van der Waals surface area contributed by atoms with Crippen LogP contribution in [0.1, 0.15) is 12.0 Å². The summed E-state index contributed by atoms with van der Waals surface area (Å²) < 4.78 is 6.91. The normalized spacial score (nSPS) is 15.8. The zero-order valence-corrected chi connectivity index (χ0v) is 18.8. The lowest BCUT2D eigenvalue weighted by Crippen LogP contribution is -2.34. The van der Waals surface area contributed by atoms with Crippen molar-refractivity contribution in [3.05, 3.63) is 77.8 Å². The highest BCUT2D eigenvalue weighted by molar-refractivity contribution is 7.18. The number of benzene rings is 2. The maximum atomic E-state index is 12.3. The number of thiophene rings is 1. The van der Waals surface area contributed by atoms with Gasteiger partial charge >= 0.3 is 0 Å². The Labute approximate surface area is 196 Å². The predicted octanol–water partition coefficient (Wildman–Crippen LogP) is 4.83. The average Bonchev–Trinajstić information content (AvgIpc) is 3.51. The van der Waals surface area contributed by atoms with E-state index in [2.05, 4.69) is 21.0 Å². The first-order valence-electron chi connectivity index (χ1n) is 10.9. The van der Waals surface area contributed by atoms with Gasteiger partial charge in [0.1, 0.15) is 17.3 Å². The van der Waals surface area contributed by atoms with Crippen molar-refractivity contribution >= 4 is 39.2 Å². The second kappa shape index (κ2) is 9.44. The molecule has 4 N–H and O–H groups in total. The Morgan fingerprint density at radius 1 is 1.15 bits per heavy atom. The molecule has 166 valence electrons. The van der Waals surface area contributed by atoms with Crippen LogP contribution in [0.25, 0.3) is 27.3 Å². The number of hydrogen-bond acceptors (Lipinski definition) is 6. The molecule has 1 aliphatic heterocycles. The van der Waals surface area contributed by atoms with E-state index in [9.17, 15) is 4.79 Å². The van der Waals surface area contributed by atoms with Gasteiger partial charge in [0.05, 0.1) is 0 Å². The van der Waals surface area contributed by atoms with E-state index in [-0.39, 0.29) is 11.9 Å². The lowest BCUT2D eigenvalue weighted by Gasteiger charge is -2.08. The van der Waals surface area contributed by atoms with Gasteiger partial charge in [0.15, 0.2) is 0 Å². The summed E-state index contributed by atoms with van der Waals surface area (Å²) in [7, 11) is 0. The maximum absolute atomic E-state index is 12.3. The van der Waals surface area contributed by atoms with Crippen molar-refractivity contribution in [2.45, 2.75) is 12.5 Å². The number of nitrogen functional groups attached to an aromatic ring is 1. The minimum atomic E-state index is -0.0977. The molecule has 1 saturated heterocycles. The van der Waals surface area contributed by atoms with E-state index >= 15 is 0 Å². The number of fused-ring (bicyclic) bond motifs is 1. The molecule has 0 bridgehead atoms. The van der Waals surface area contributed by atoms with Crippen LogP contribution in [0, 0.1) is 0 Å². The second-order valence-corrected chi connectivity index (χ2v) is 8.80. The molecule has 3 heterocycles. The van der Waals surface area contributed by atoms with Gasteiger partial charge in [0.2, 0.25) is 5.91 Å². The third-order valence-electron chi connectivity index (χ3n) is 5.62. The summed E-state index contributed by atoms with van der Waals surface area (Å²) in [4.78, 5) is 16.7. The standard InChI is InChI=1S/C26H24N4O2S/c27-26-24-22(17-6-9-21(10-7-17)32-20-4-2-1-3-5-20)16-33-25(24)18(14-29-26)8-11-23(31)30-19-12-13-28-15-19/h1-11,14,16,19,28H,12-13,15H2,(H2,27,29)(H,30,31)/t19-/m0/s1. The maximum Gasteiger partial charge on any atom is 0.244 e. The number of nitrogens with two attached hydrogens (primary N) is 1. The Bertz CT molecular complexity index is 1290. The van der Waals surface area contributed by atoms with E-state index in [1.54, 1.807) is 23.6 Å². The number of ether oxygens (including phenoxy) is 1. The first kappa shape index (κ1) is 21.2. The summed E-state index contributed by atoms with van der Waals surface area (Å²) >= 11 is 1.60. The van der Waals surface area contributed by atoms with Crippen molar-refractivity contribution in [1.82, 2.24) is 15.6 Å². The van der Waals surface area contributed by atoms with Gasteiger partial charge in [-0.2, -0.15) is 0 Å². The number of nitrogens with zero attached hydrogens (tertiary/aromatic N) is 1. The van der Waals surface area contributed by atoms with Crippen LogP contribution in [0.15, 0.2) is 72.3 Å². The largest absolute Gasteiger partial charge is 0.457 e. The van der Waals surface area contributed by atoms with Crippen molar-refractivity contribution in [3.8, 4) is 22.6 Å². The van der Waals surface area contributed by atoms with Gasteiger partial charge < -0.3 is 21.1 Å². The number of nitrogens with one attached hydrogen (secondary N) is 2. The predicted molar refractivity (Wildman–Crippen MR) is 134 cm³/mol. The monoisotopic (exact) mass is 456 g/mol. The molecule has 0 spiro atoms. The topological polar surface area (TPSA) is 89.3 Å². The fourth-order valence-electron chi connectivity index (χ4n) is 3.94. The fraction of sp³-hybridized carbons (Fsp3) is 0.154. The highest BCUT2D eigenvalue weighted by Gasteiger charge is 2.16. The lowest BCUT2D eigenvalue weighted by atomic mass is 10.0. The van der Waals surface area contributed by atoms with E-state index in [0.29, 0.717) is 5.82 Å².